The minimum absolute atomic E-state index is 0.175. The molecular weight excluding hydrogens is 252 g/mol. The van der Waals surface area contributed by atoms with Crippen molar-refractivity contribution < 1.29 is 9.52 Å². The minimum atomic E-state index is -0.393. The molecule has 20 heavy (non-hydrogen) atoms. The Balaban J connectivity index is 2.05. The predicted molar refractivity (Wildman–Crippen MR) is 79.5 cm³/mol. The fourth-order valence-corrected chi connectivity index (χ4v) is 2.00. The van der Waals surface area contributed by atoms with Crippen molar-refractivity contribution in [3.05, 3.63) is 76.1 Å². The first-order chi connectivity index (χ1) is 9.74. The highest BCUT2D eigenvalue weighted by Gasteiger charge is 2.02. The van der Waals surface area contributed by atoms with Gasteiger partial charge in [0.05, 0.1) is 5.56 Å². The van der Waals surface area contributed by atoms with Crippen molar-refractivity contribution in [1.82, 2.24) is 0 Å². The number of rotatable bonds is 2. The van der Waals surface area contributed by atoms with E-state index in [9.17, 15) is 9.90 Å². The average Bonchev–Trinajstić information content (AvgIpc) is 2.46. The van der Waals surface area contributed by atoms with Crippen LogP contribution in [0.1, 0.15) is 11.1 Å². The molecule has 2 aromatic carbocycles. The zero-order valence-electron chi connectivity index (χ0n) is 10.6. The third-order valence-corrected chi connectivity index (χ3v) is 3.05. The molecule has 3 heteroatoms. The number of para-hydroxylation sites is 2. The highest BCUT2D eigenvalue weighted by atomic mass is 16.4. The maximum absolute atomic E-state index is 11.9. The molecule has 0 radical (unpaired) electrons. The molecule has 3 nitrogen and oxygen atoms in total. The lowest BCUT2D eigenvalue weighted by Gasteiger charge is -1.99. The molecule has 0 unspecified atom stereocenters. The van der Waals surface area contributed by atoms with Gasteiger partial charge in [-0.25, -0.2) is 4.79 Å². The van der Waals surface area contributed by atoms with E-state index in [4.69, 9.17) is 4.42 Å². The van der Waals surface area contributed by atoms with Crippen molar-refractivity contribution in [2.24, 2.45) is 0 Å². The smallest absolute Gasteiger partial charge is 0.343 e. The van der Waals surface area contributed by atoms with Crippen LogP contribution in [-0.2, 0) is 0 Å². The van der Waals surface area contributed by atoms with Crippen molar-refractivity contribution in [3.63, 3.8) is 0 Å². The van der Waals surface area contributed by atoms with Gasteiger partial charge in [-0.1, -0.05) is 42.5 Å². The molecule has 1 N–H and O–H groups in total. The largest absolute Gasteiger partial charge is 0.507 e. The van der Waals surface area contributed by atoms with Crippen LogP contribution >= 0.6 is 0 Å². The van der Waals surface area contributed by atoms with Crippen LogP contribution in [0.15, 0.2) is 63.8 Å². The summed E-state index contributed by atoms with van der Waals surface area (Å²) < 4.78 is 5.24. The molecule has 3 aromatic rings. The van der Waals surface area contributed by atoms with Crippen molar-refractivity contribution in [1.29, 1.82) is 0 Å². The summed E-state index contributed by atoms with van der Waals surface area (Å²) in [6.45, 7) is 0. The summed E-state index contributed by atoms with van der Waals surface area (Å²) in [6.07, 6.45) is 3.34. The van der Waals surface area contributed by atoms with Gasteiger partial charge in [0.25, 0.3) is 0 Å². The van der Waals surface area contributed by atoms with E-state index in [1.807, 2.05) is 24.3 Å². The number of aromatic hydroxyl groups is 1. The first-order valence-electron chi connectivity index (χ1n) is 6.23. The Hall–Kier alpha value is -2.81. The summed E-state index contributed by atoms with van der Waals surface area (Å²) in [5.74, 6) is 0.175. The van der Waals surface area contributed by atoms with Crippen LogP contribution in [-0.4, -0.2) is 5.11 Å². The second kappa shape index (κ2) is 5.05. The van der Waals surface area contributed by atoms with E-state index in [-0.39, 0.29) is 5.75 Å². The zero-order chi connectivity index (χ0) is 13.9. The monoisotopic (exact) mass is 264 g/mol. The number of fused-ring (bicyclic) bond motifs is 1. The SMILES string of the molecule is O=c1oc2ccccc2cc1C=Cc1ccccc1O. The molecule has 0 saturated heterocycles. The number of phenolic OH excluding ortho intramolecular Hbond substituents is 1. The van der Waals surface area contributed by atoms with Gasteiger partial charge >= 0.3 is 5.63 Å². The molecule has 0 spiro atoms. The van der Waals surface area contributed by atoms with Crippen LogP contribution in [0, 0.1) is 0 Å². The minimum Gasteiger partial charge on any atom is -0.507 e. The van der Waals surface area contributed by atoms with E-state index in [1.54, 1.807) is 42.5 Å². The average molecular weight is 264 g/mol. The zero-order valence-corrected chi connectivity index (χ0v) is 10.6. The summed E-state index contributed by atoms with van der Waals surface area (Å²) in [7, 11) is 0. The molecule has 0 amide bonds. The quantitative estimate of drug-likeness (QED) is 0.718. The van der Waals surface area contributed by atoms with Crippen LogP contribution in [0.3, 0.4) is 0 Å². The van der Waals surface area contributed by atoms with Gasteiger partial charge in [-0.05, 0) is 24.3 Å². The molecular formula is C17H12O3. The Morgan fingerprint density at radius 3 is 2.45 bits per heavy atom. The Kier molecular flexibility index (Phi) is 3.09. The lowest BCUT2D eigenvalue weighted by atomic mass is 10.1. The molecule has 0 aliphatic carbocycles. The molecule has 0 fully saturated rings. The molecule has 0 atom stereocenters. The van der Waals surface area contributed by atoms with Gasteiger partial charge in [-0.2, -0.15) is 0 Å². The van der Waals surface area contributed by atoms with Gasteiger partial charge in [0.2, 0.25) is 0 Å². The van der Waals surface area contributed by atoms with E-state index in [0.29, 0.717) is 16.7 Å². The summed E-state index contributed by atoms with van der Waals surface area (Å²) in [6, 6.07) is 16.1. The summed E-state index contributed by atoms with van der Waals surface area (Å²) in [5, 5.41) is 10.5. The van der Waals surface area contributed by atoms with E-state index >= 15 is 0 Å². The predicted octanol–water partition coefficient (Wildman–Crippen LogP) is 3.67. The van der Waals surface area contributed by atoms with E-state index < -0.39 is 5.63 Å². The number of phenols is 1. The third-order valence-electron chi connectivity index (χ3n) is 3.05. The highest BCUT2D eigenvalue weighted by Crippen LogP contribution is 2.19. The van der Waals surface area contributed by atoms with Gasteiger partial charge in [0.1, 0.15) is 11.3 Å². The molecule has 0 bridgehead atoms. The first-order valence-corrected chi connectivity index (χ1v) is 6.23. The maximum atomic E-state index is 11.9. The molecule has 1 aromatic heterocycles. The summed E-state index contributed by atoms with van der Waals surface area (Å²) in [4.78, 5) is 11.9. The molecule has 98 valence electrons. The fourth-order valence-electron chi connectivity index (χ4n) is 2.00. The summed E-state index contributed by atoms with van der Waals surface area (Å²) >= 11 is 0. The molecule has 0 aliphatic heterocycles. The number of benzene rings is 2. The Labute approximate surface area is 115 Å². The van der Waals surface area contributed by atoms with Gasteiger partial charge in [0, 0.05) is 10.9 Å². The van der Waals surface area contributed by atoms with Crippen LogP contribution in [0.2, 0.25) is 0 Å². The lowest BCUT2D eigenvalue weighted by molar-refractivity contribution is 0.474. The van der Waals surface area contributed by atoms with Crippen molar-refractivity contribution in [2.75, 3.05) is 0 Å². The number of hydrogen-bond acceptors (Lipinski definition) is 3. The number of hydrogen-bond donors (Lipinski definition) is 1. The van der Waals surface area contributed by atoms with E-state index in [0.717, 1.165) is 5.39 Å². The van der Waals surface area contributed by atoms with Crippen LogP contribution < -0.4 is 5.63 Å². The van der Waals surface area contributed by atoms with Gasteiger partial charge in [-0.3, -0.25) is 0 Å². The Bertz CT molecular complexity index is 844. The Morgan fingerprint density at radius 2 is 1.60 bits per heavy atom. The van der Waals surface area contributed by atoms with Crippen LogP contribution in [0.25, 0.3) is 23.1 Å². The lowest BCUT2D eigenvalue weighted by Crippen LogP contribution is -2.02. The Morgan fingerprint density at radius 1 is 0.900 bits per heavy atom. The molecule has 0 aliphatic rings. The van der Waals surface area contributed by atoms with Crippen LogP contribution in [0.4, 0.5) is 0 Å². The van der Waals surface area contributed by atoms with Gasteiger partial charge in [0.15, 0.2) is 0 Å². The maximum Gasteiger partial charge on any atom is 0.343 e. The van der Waals surface area contributed by atoms with Crippen molar-refractivity contribution in [2.45, 2.75) is 0 Å². The first kappa shape index (κ1) is 12.2. The summed E-state index contributed by atoms with van der Waals surface area (Å²) in [5.41, 5.74) is 1.28. The highest BCUT2D eigenvalue weighted by molar-refractivity contribution is 5.81. The van der Waals surface area contributed by atoms with Gasteiger partial charge in [-0.15, -0.1) is 0 Å². The van der Waals surface area contributed by atoms with E-state index in [1.165, 1.54) is 0 Å². The standard InChI is InChI=1S/C17H12O3/c18-15-7-3-1-5-12(15)9-10-14-11-13-6-2-4-8-16(13)20-17(14)19/h1-11,18H. The van der Waals surface area contributed by atoms with Crippen molar-refractivity contribution in [3.8, 4) is 5.75 Å². The molecule has 0 saturated carbocycles. The van der Waals surface area contributed by atoms with Crippen molar-refractivity contribution >= 4 is 23.1 Å². The van der Waals surface area contributed by atoms with Crippen LogP contribution in [0.5, 0.6) is 5.75 Å². The van der Waals surface area contributed by atoms with E-state index in [2.05, 4.69) is 0 Å². The molecule has 3 rings (SSSR count). The normalized spacial score (nSPS) is 11.2. The third kappa shape index (κ3) is 2.34. The topological polar surface area (TPSA) is 50.4 Å². The molecule has 1 heterocycles. The fraction of sp³-hybridized carbons (Fsp3) is 0. The van der Waals surface area contributed by atoms with Gasteiger partial charge < -0.3 is 9.52 Å². The second-order valence-corrected chi connectivity index (χ2v) is 4.42. The second-order valence-electron chi connectivity index (χ2n) is 4.42.